The van der Waals surface area contributed by atoms with Gasteiger partial charge in [0.15, 0.2) is 17.7 Å². The van der Waals surface area contributed by atoms with Crippen molar-refractivity contribution in [2.75, 3.05) is 12.3 Å². The number of aliphatic hydroxyl groups is 2. The zero-order valence-corrected chi connectivity index (χ0v) is 22.9. The first-order chi connectivity index (χ1) is 19.9. The van der Waals surface area contributed by atoms with Gasteiger partial charge in [-0.25, -0.2) is 19.7 Å². The Hall–Kier alpha value is -4.20. The maximum Gasteiger partial charge on any atom is 0.362 e. The second-order valence-corrected chi connectivity index (χ2v) is 11.1. The van der Waals surface area contributed by atoms with Crippen LogP contribution >= 0.6 is 0 Å². The first-order valence-corrected chi connectivity index (χ1v) is 14.1. The fraction of sp³-hybridized carbons (Fsp3) is 0.375. The van der Waals surface area contributed by atoms with Crippen LogP contribution in [0.2, 0.25) is 0 Å². The van der Waals surface area contributed by atoms with Crippen LogP contribution in [0, 0.1) is 0 Å². The van der Waals surface area contributed by atoms with E-state index in [-0.39, 0.29) is 23.4 Å². The summed E-state index contributed by atoms with van der Waals surface area (Å²) in [6, 6.07) is 4.96. The van der Waals surface area contributed by atoms with Gasteiger partial charge in [0.2, 0.25) is 5.91 Å². The number of nitrogens with two attached hydrogens (primary N) is 2. The molecule has 224 valence electrons. The van der Waals surface area contributed by atoms with Crippen molar-refractivity contribution in [3.05, 3.63) is 48.7 Å². The number of ether oxygens (including phenoxy) is 1. The monoisotopic (exact) mass is 603 g/mol. The van der Waals surface area contributed by atoms with E-state index in [9.17, 15) is 28.2 Å². The van der Waals surface area contributed by atoms with E-state index in [0.29, 0.717) is 5.56 Å². The van der Waals surface area contributed by atoms with Gasteiger partial charge in [-0.2, -0.15) is 8.42 Å². The summed E-state index contributed by atoms with van der Waals surface area (Å²) in [5, 5.41) is 24.3. The number of hydrogen-bond acceptors (Lipinski definition) is 13. The zero-order valence-electron chi connectivity index (χ0n) is 22.1. The summed E-state index contributed by atoms with van der Waals surface area (Å²) >= 11 is 0. The second kappa shape index (κ2) is 11.6. The summed E-state index contributed by atoms with van der Waals surface area (Å²) < 4.78 is 39.1. The van der Waals surface area contributed by atoms with Crippen molar-refractivity contribution in [3.63, 3.8) is 0 Å². The van der Waals surface area contributed by atoms with Crippen molar-refractivity contribution in [3.8, 4) is 0 Å². The van der Waals surface area contributed by atoms with Gasteiger partial charge >= 0.3 is 10.3 Å². The van der Waals surface area contributed by atoms with E-state index in [2.05, 4.69) is 25.3 Å². The number of nitrogens with one attached hydrogen (secondary N) is 3. The number of carbonyl (C=O) groups excluding carboxylic acids is 2. The lowest BCUT2D eigenvalue weighted by Gasteiger charge is -2.20. The van der Waals surface area contributed by atoms with Crippen molar-refractivity contribution in [2.45, 2.75) is 50.0 Å². The Kier molecular flexibility index (Phi) is 8.08. The van der Waals surface area contributed by atoms with Crippen LogP contribution in [0.1, 0.15) is 18.7 Å². The average molecular weight is 604 g/mol. The SMILES string of the molecule is C[C@H](N)C(=O)N[C@@H](Cc1c[nH]c2ccccc12)C(=O)NS(=O)(=O)OC[C@H]1O[C@@H](n2cnc3c(N)ncnc32)[C@H](O)[C@@H]1O. The molecule has 4 heterocycles. The minimum Gasteiger partial charge on any atom is -0.387 e. The van der Waals surface area contributed by atoms with Gasteiger partial charge in [0.1, 0.15) is 36.2 Å². The number of carbonyl (C=O) groups is 2. The molecule has 1 saturated heterocycles. The molecule has 5 rings (SSSR count). The van der Waals surface area contributed by atoms with Gasteiger partial charge in [-0.15, -0.1) is 0 Å². The van der Waals surface area contributed by atoms with Crippen LogP contribution in [0.3, 0.4) is 0 Å². The van der Waals surface area contributed by atoms with Gasteiger partial charge < -0.3 is 36.7 Å². The number of rotatable bonds is 10. The molecule has 1 fully saturated rings. The molecular weight excluding hydrogens is 574 g/mol. The third-order valence-corrected chi connectivity index (χ3v) is 7.65. The second-order valence-electron chi connectivity index (χ2n) is 9.75. The topological polar surface area (TPSA) is 263 Å². The number of fused-ring (bicyclic) bond motifs is 2. The van der Waals surface area contributed by atoms with Crippen molar-refractivity contribution >= 4 is 50.0 Å². The first kappa shape index (κ1) is 29.3. The lowest BCUT2D eigenvalue weighted by molar-refractivity contribution is -0.128. The molecule has 42 heavy (non-hydrogen) atoms. The van der Waals surface area contributed by atoms with Gasteiger partial charge in [-0.05, 0) is 18.6 Å². The average Bonchev–Trinajstić information content (AvgIpc) is 3.64. The Labute approximate surface area is 238 Å². The molecule has 18 heteroatoms. The van der Waals surface area contributed by atoms with E-state index >= 15 is 0 Å². The number of aromatic amines is 1. The Morgan fingerprint density at radius 1 is 1.19 bits per heavy atom. The number of aliphatic hydroxyl groups excluding tert-OH is 2. The molecule has 3 aromatic heterocycles. The highest BCUT2D eigenvalue weighted by Crippen LogP contribution is 2.32. The van der Waals surface area contributed by atoms with Crippen molar-refractivity contribution in [1.29, 1.82) is 0 Å². The molecule has 6 atom stereocenters. The molecule has 1 aromatic carbocycles. The van der Waals surface area contributed by atoms with E-state index in [4.69, 9.17) is 20.4 Å². The molecule has 0 spiro atoms. The normalized spacial score (nSPS) is 22.3. The lowest BCUT2D eigenvalue weighted by atomic mass is 10.0. The fourth-order valence-electron chi connectivity index (χ4n) is 4.57. The number of H-pyrrole nitrogens is 1. The van der Waals surface area contributed by atoms with Crippen molar-refractivity contribution in [1.82, 2.24) is 34.5 Å². The van der Waals surface area contributed by atoms with Crippen LogP contribution in [-0.2, 0) is 35.2 Å². The third kappa shape index (κ3) is 5.89. The van der Waals surface area contributed by atoms with Gasteiger partial charge in [0, 0.05) is 23.5 Å². The summed E-state index contributed by atoms with van der Waals surface area (Å²) in [6.45, 7) is 0.652. The first-order valence-electron chi connectivity index (χ1n) is 12.7. The molecule has 17 nitrogen and oxygen atoms in total. The number of aromatic nitrogens is 5. The molecule has 9 N–H and O–H groups in total. The Bertz CT molecular complexity index is 1720. The third-order valence-electron chi connectivity index (χ3n) is 6.76. The zero-order chi connectivity index (χ0) is 30.2. The Balaban J connectivity index is 1.26. The molecule has 1 aliphatic rings. The smallest absolute Gasteiger partial charge is 0.362 e. The summed E-state index contributed by atoms with van der Waals surface area (Å²) in [5.41, 5.74) is 13.3. The number of nitrogen functional groups attached to an aromatic ring is 1. The fourth-order valence-corrected chi connectivity index (χ4v) is 5.33. The van der Waals surface area contributed by atoms with Gasteiger partial charge in [0.05, 0.1) is 19.0 Å². The van der Waals surface area contributed by atoms with Crippen LogP contribution in [0.15, 0.2) is 43.1 Å². The lowest BCUT2D eigenvalue weighted by Crippen LogP contribution is -2.53. The minimum atomic E-state index is -4.76. The highest BCUT2D eigenvalue weighted by Gasteiger charge is 2.45. The van der Waals surface area contributed by atoms with Crippen LogP contribution in [0.25, 0.3) is 22.1 Å². The summed E-state index contributed by atoms with van der Waals surface area (Å²) in [6.07, 6.45) is -1.57. The van der Waals surface area contributed by atoms with Gasteiger partial charge in [0.25, 0.3) is 5.91 Å². The van der Waals surface area contributed by atoms with Crippen molar-refractivity contribution < 1.29 is 37.1 Å². The molecule has 0 bridgehead atoms. The van der Waals surface area contributed by atoms with E-state index in [1.807, 2.05) is 18.2 Å². The molecule has 1 aliphatic heterocycles. The molecule has 4 aromatic rings. The quantitative estimate of drug-likeness (QED) is 0.103. The molecule has 0 aliphatic carbocycles. The Morgan fingerprint density at radius 2 is 1.95 bits per heavy atom. The van der Waals surface area contributed by atoms with E-state index in [1.54, 1.807) is 17.0 Å². The minimum absolute atomic E-state index is 0.0604. The maximum absolute atomic E-state index is 13.1. The van der Waals surface area contributed by atoms with Crippen LogP contribution in [-0.4, -0.2) is 92.0 Å². The predicted octanol–water partition coefficient (Wildman–Crippen LogP) is -2.04. The highest BCUT2D eigenvalue weighted by atomic mass is 32.2. The molecular formula is C24H29N9O8S. The predicted molar refractivity (Wildman–Crippen MR) is 146 cm³/mol. The summed E-state index contributed by atoms with van der Waals surface area (Å²) in [4.78, 5) is 40.4. The molecule has 0 saturated carbocycles. The number of nitrogens with zero attached hydrogens (tertiary/aromatic N) is 4. The molecule has 0 unspecified atom stereocenters. The highest BCUT2D eigenvalue weighted by molar-refractivity contribution is 7.85. The molecule has 0 radical (unpaired) electrons. The van der Waals surface area contributed by atoms with E-state index < -0.39 is 65.3 Å². The van der Waals surface area contributed by atoms with Crippen LogP contribution < -0.4 is 21.5 Å². The number of imidazole rings is 1. The number of para-hydroxylation sites is 1. The number of amides is 2. The van der Waals surface area contributed by atoms with E-state index in [1.165, 1.54) is 24.1 Å². The number of hydrogen-bond donors (Lipinski definition) is 7. The van der Waals surface area contributed by atoms with Gasteiger partial charge in [-0.3, -0.25) is 18.3 Å². The van der Waals surface area contributed by atoms with Crippen LogP contribution in [0.4, 0.5) is 5.82 Å². The Morgan fingerprint density at radius 3 is 2.71 bits per heavy atom. The van der Waals surface area contributed by atoms with Gasteiger partial charge in [-0.1, -0.05) is 18.2 Å². The largest absolute Gasteiger partial charge is 0.387 e. The van der Waals surface area contributed by atoms with Crippen LogP contribution in [0.5, 0.6) is 0 Å². The number of benzene rings is 1. The molecule has 2 amide bonds. The summed E-state index contributed by atoms with van der Waals surface area (Å²) in [5.74, 6) is -1.66. The standard InChI is InChI=1S/C24H29N9O8S/c1-11(25)22(36)31-15(6-12-7-27-14-5-3-2-4-13(12)14)23(37)32-42(38,39)40-8-16-18(34)19(35)24(41-16)33-10-30-17-20(26)28-9-29-21(17)33/h2-5,7,9-11,15-16,18-19,24,27,34-35H,6,8,25H2,1H3,(H,31,36)(H,32,37)(H2,26,28,29)/t11-,15-,16+,18+,19+,24+/m0/s1. The van der Waals surface area contributed by atoms with E-state index in [0.717, 1.165) is 10.9 Å². The summed E-state index contributed by atoms with van der Waals surface area (Å²) in [7, 11) is -4.76. The maximum atomic E-state index is 13.1. The number of anilines is 1. The van der Waals surface area contributed by atoms with Crippen molar-refractivity contribution in [2.24, 2.45) is 5.73 Å².